The van der Waals surface area contributed by atoms with Crippen LogP contribution in [0.25, 0.3) is 0 Å². The Balaban J connectivity index is 1.47. The van der Waals surface area contributed by atoms with Crippen molar-refractivity contribution in [1.29, 1.82) is 0 Å². The number of rotatable bonds is 10. The molecule has 7 heteroatoms. The molecule has 1 saturated heterocycles. The van der Waals surface area contributed by atoms with Crippen molar-refractivity contribution in [3.05, 3.63) is 18.2 Å². The minimum absolute atomic E-state index is 0.283. The lowest BCUT2D eigenvalue weighted by molar-refractivity contribution is 0.0171. The van der Waals surface area contributed by atoms with E-state index in [4.69, 9.17) is 23.9 Å². The summed E-state index contributed by atoms with van der Waals surface area (Å²) in [5, 5.41) is 6.79. The molecule has 0 saturated carbocycles. The van der Waals surface area contributed by atoms with Crippen molar-refractivity contribution in [2.24, 2.45) is 4.99 Å². The average molecular weight is 406 g/mol. The summed E-state index contributed by atoms with van der Waals surface area (Å²) in [5.74, 6) is 2.36. The van der Waals surface area contributed by atoms with E-state index in [2.05, 4.69) is 17.6 Å². The maximum absolute atomic E-state index is 5.78. The molecule has 1 atom stereocenters. The van der Waals surface area contributed by atoms with E-state index in [9.17, 15) is 0 Å². The number of unbranched alkanes of at least 4 members (excludes halogenated alkanes) is 1. The summed E-state index contributed by atoms with van der Waals surface area (Å²) in [7, 11) is 0. The quantitative estimate of drug-likeness (QED) is 0.352. The highest BCUT2D eigenvalue weighted by Crippen LogP contribution is 2.32. The highest BCUT2D eigenvalue weighted by molar-refractivity contribution is 5.93. The first kappa shape index (κ1) is 21.7. The third-order valence-electron chi connectivity index (χ3n) is 4.88. The number of anilines is 1. The second-order valence-corrected chi connectivity index (χ2v) is 7.41. The second-order valence-electron chi connectivity index (χ2n) is 7.41. The van der Waals surface area contributed by atoms with Gasteiger partial charge in [-0.15, -0.1) is 0 Å². The molecule has 2 aliphatic heterocycles. The largest absolute Gasteiger partial charge is 0.490 e. The lowest BCUT2D eigenvalue weighted by atomic mass is 10.2. The van der Waals surface area contributed by atoms with Crippen molar-refractivity contribution >= 4 is 11.6 Å². The number of benzene rings is 1. The van der Waals surface area contributed by atoms with Crippen molar-refractivity contribution in [1.82, 2.24) is 5.32 Å². The molecule has 29 heavy (non-hydrogen) atoms. The molecular formula is C22H35N3O4. The Morgan fingerprint density at radius 1 is 1.14 bits per heavy atom. The van der Waals surface area contributed by atoms with Crippen LogP contribution in [-0.4, -0.2) is 58.2 Å². The van der Waals surface area contributed by atoms with Gasteiger partial charge in [-0.25, -0.2) is 0 Å². The van der Waals surface area contributed by atoms with Gasteiger partial charge in [0.1, 0.15) is 0 Å². The zero-order valence-electron chi connectivity index (χ0n) is 17.6. The Bertz CT molecular complexity index is 632. The van der Waals surface area contributed by atoms with Gasteiger partial charge in [0, 0.05) is 44.5 Å². The summed E-state index contributed by atoms with van der Waals surface area (Å²) < 4.78 is 22.8. The molecular weight excluding hydrogens is 370 g/mol. The van der Waals surface area contributed by atoms with E-state index in [1.807, 2.05) is 18.2 Å². The molecule has 0 amide bonds. The SMILES string of the molecule is CCCCNC(=NCCCOCC1CCCO1)Nc1ccc2c(c1)OCCCO2. The molecule has 2 heterocycles. The van der Waals surface area contributed by atoms with E-state index < -0.39 is 0 Å². The summed E-state index contributed by atoms with van der Waals surface area (Å²) >= 11 is 0. The number of nitrogens with zero attached hydrogens (tertiary/aromatic N) is 1. The highest BCUT2D eigenvalue weighted by atomic mass is 16.5. The first-order chi connectivity index (χ1) is 14.3. The topological polar surface area (TPSA) is 73.3 Å². The molecule has 0 bridgehead atoms. The Labute approximate surface area is 174 Å². The third-order valence-corrected chi connectivity index (χ3v) is 4.88. The number of nitrogens with one attached hydrogen (secondary N) is 2. The molecule has 0 spiro atoms. The monoisotopic (exact) mass is 405 g/mol. The lowest BCUT2D eigenvalue weighted by Crippen LogP contribution is -2.32. The van der Waals surface area contributed by atoms with Crippen LogP contribution in [0.5, 0.6) is 11.5 Å². The van der Waals surface area contributed by atoms with E-state index in [0.29, 0.717) is 33.0 Å². The molecule has 1 aromatic rings. The summed E-state index contributed by atoms with van der Waals surface area (Å²) in [6, 6.07) is 5.92. The normalized spacial score (nSPS) is 19.1. The molecule has 162 valence electrons. The van der Waals surface area contributed by atoms with Crippen LogP contribution in [-0.2, 0) is 9.47 Å². The predicted octanol–water partition coefficient (Wildman–Crippen LogP) is 3.59. The van der Waals surface area contributed by atoms with Gasteiger partial charge in [-0.2, -0.15) is 0 Å². The van der Waals surface area contributed by atoms with Gasteiger partial charge in [-0.05, 0) is 37.8 Å². The summed E-state index contributed by atoms with van der Waals surface area (Å²) in [4.78, 5) is 4.70. The average Bonchev–Trinajstić information content (AvgIpc) is 3.14. The fraction of sp³-hybridized carbons (Fsp3) is 0.682. The first-order valence-electron chi connectivity index (χ1n) is 11.0. The molecule has 2 aliphatic rings. The van der Waals surface area contributed by atoms with Crippen LogP contribution < -0.4 is 20.1 Å². The van der Waals surface area contributed by atoms with Crippen molar-refractivity contribution in [3.63, 3.8) is 0 Å². The Morgan fingerprint density at radius 3 is 2.86 bits per heavy atom. The van der Waals surface area contributed by atoms with E-state index >= 15 is 0 Å². The van der Waals surface area contributed by atoms with Crippen molar-refractivity contribution in [3.8, 4) is 11.5 Å². The summed E-state index contributed by atoms with van der Waals surface area (Å²) in [5.41, 5.74) is 0.937. The first-order valence-corrected chi connectivity index (χ1v) is 11.0. The number of guanidine groups is 1. The standard InChI is InChI=1S/C22H35N3O4/c1-2-3-10-23-22(24-11-5-12-26-17-19-7-4-13-27-19)25-18-8-9-20-21(16-18)29-15-6-14-28-20/h8-9,16,19H,2-7,10-15,17H2,1H3,(H2,23,24,25). The van der Waals surface area contributed by atoms with Crippen molar-refractivity contribution in [2.45, 2.75) is 51.6 Å². The number of fused-ring (bicyclic) bond motifs is 1. The molecule has 1 unspecified atom stereocenters. The van der Waals surface area contributed by atoms with E-state index in [1.165, 1.54) is 0 Å². The van der Waals surface area contributed by atoms with Crippen LogP contribution in [0.15, 0.2) is 23.2 Å². The fourth-order valence-corrected chi connectivity index (χ4v) is 3.25. The fourth-order valence-electron chi connectivity index (χ4n) is 3.25. The number of ether oxygens (including phenoxy) is 4. The van der Waals surface area contributed by atoms with Gasteiger partial charge < -0.3 is 29.6 Å². The van der Waals surface area contributed by atoms with Crippen LogP contribution in [0.3, 0.4) is 0 Å². The van der Waals surface area contributed by atoms with Gasteiger partial charge in [-0.1, -0.05) is 13.3 Å². The Kier molecular flexibility index (Phi) is 9.39. The minimum atomic E-state index is 0.283. The van der Waals surface area contributed by atoms with Crippen LogP contribution in [0.2, 0.25) is 0 Å². The second kappa shape index (κ2) is 12.5. The third kappa shape index (κ3) is 7.74. The van der Waals surface area contributed by atoms with Gasteiger partial charge >= 0.3 is 0 Å². The van der Waals surface area contributed by atoms with Gasteiger partial charge in [0.2, 0.25) is 0 Å². The molecule has 0 radical (unpaired) electrons. The van der Waals surface area contributed by atoms with Crippen molar-refractivity contribution in [2.75, 3.05) is 51.4 Å². The molecule has 0 aromatic heterocycles. The Morgan fingerprint density at radius 2 is 2.03 bits per heavy atom. The van der Waals surface area contributed by atoms with Gasteiger partial charge in [0.05, 0.1) is 25.9 Å². The summed E-state index contributed by atoms with van der Waals surface area (Å²) in [6.07, 6.45) is 6.57. The minimum Gasteiger partial charge on any atom is -0.490 e. The van der Waals surface area contributed by atoms with Crippen LogP contribution in [0.1, 0.15) is 45.4 Å². The maximum atomic E-state index is 5.78. The van der Waals surface area contributed by atoms with Gasteiger partial charge in [0.25, 0.3) is 0 Å². The highest BCUT2D eigenvalue weighted by Gasteiger charge is 2.15. The number of aliphatic imine (C=N–C) groups is 1. The predicted molar refractivity (Wildman–Crippen MR) is 115 cm³/mol. The number of hydrogen-bond acceptors (Lipinski definition) is 5. The zero-order chi connectivity index (χ0) is 20.2. The van der Waals surface area contributed by atoms with Crippen molar-refractivity contribution < 1.29 is 18.9 Å². The Hall–Kier alpha value is -1.99. The van der Waals surface area contributed by atoms with Gasteiger partial charge in [-0.3, -0.25) is 4.99 Å². The van der Waals surface area contributed by atoms with Gasteiger partial charge in [0.15, 0.2) is 17.5 Å². The zero-order valence-corrected chi connectivity index (χ0v) is 17.6. The lowest BCUT2D eigenvalue weighted by Gasteiger charge is -2.14. The van der Waals surface area contributed by atoms with E-state index in [0.717, 1.165) is 74.8 Å². The molecule has 1 aromatic carbocycles. The molecule has 1 fully saturated rings. The number of hydrogen-bond donors (Lipinski definition) is 2. The maximum Gasteiger partial charge on any atom is 0.195 e. The van der Waals surface area contributed by atoms with E-state index in [-0.39, 0.29) is 6.10 Å². The van der Waals surface area contributed by atoms with Crippen LogP contribution >= 0.6 is 0 Å². The van der Waals surface area contributed by atoms with Crippen LogP contribution in [0.4, 0.5) is 5.69 Å². The molecule has 0 aliphatic carbocycles. The summed E-state index contributed by atoms with van der Waals surface area (Å²) in [6.45, 7) is 7.42. The van der Waals surface area contributed by atoms with E-state index in [1.54, 1.807) is 0 Å². The molecule has 3 rings (SSSR count). The smallest absolute Gasteiger partial charge is 0.195 e. The molecule has 2 N–H and O–H groups in total. The van der Waals surface area contributed by atoms with Crippen LogP contribution in [0, 0.1) is 0 Å². The molecule has 7 nitrogen and oxygen atoms in total.